The van der Waals surface area contributed by atoms with Gasteiger partial charge in [-0.15, -0.1) is 11.3 Å². The van der Waals surface area contributed by atoms with E-state index in [1.807, 2.05) is 48.5 Å². The Balaban J connectivity index is 1.48. The van der Waals surface area contributed by atoms with E-state index in [0.717, 1.165) is 34.2 Å². The van der Waals surface area contributed by atoms with E-state index in [1.165, 1.54) is 11.3 Å². The molecule has 3 aromatic rings. The lowest BCUT2D eigenvalue weighted by molar-refractivity contribution is -0.117. The van der Waals surface area contributed by atoms with Crippen molar-refractivity contribution in [2.45, 2.75) is 19.8 Å². The van der Waals surface area contributed by atoms with Crippen LogP contribution in [0.25, 0.3) is 10.1 Å². The number of thiophene rings is 1. The monoisotopic (exact) mass is 411 g/mol. The number of carbonyl (C=O) groups excluding carboxylic acids is 2. The van der Waals surface area contributed by atoms with Crippen LogP contribution in [0.1, 0.15) is 35.0 Å². The number of benzene rings is 2. The molecule has 1 aromatic heterocycles. The molecule has 2 aromatic carbocycles. The number of carbonyl (C=O) groups is 2. The SMILES string of the molecule is C/C(=N\NC(=O)c1sc2ccccc2c1Cl)c1cccc(NC(=O)C2CC2)c1. The first-order chi connectivity index (χ1) is 13.5. The fraction of sp³-hybridized carbons (Fsp3) is 0.190. The second kappa shape index (κ2) is 7.73. The molecule has 0 saturated heterocycles. The molecule has 1 heterocycles. The van der Waals surface area contributed by atoms with Crippen LogP contribution in [0.2, 0.25) is 5.02 Å². The molecule has 142 valence electrons. The van der Waals surface area contributed by atoms with Gasteiger partial charge in [-0.2, -0.15) is 5.10 Å². The summed E-state index contributed by atoms with van der Waals surface area (Å²) in [6.45, 7) is 1.80. The maximum absolute atomic E-state index is 12.5. The highest BCUT2D eigenvalue weighted by Gasteiger charge is 2.29. The number of halogens is 1. The quantitative estimate of drug-likeness (QED) is 0.455. The predicted octanol–water partition coefficient (Wildman–Crippen LogP) is 5.06. The summed E-state index contributed by atoms with van der Waals surface area (Å²) in [6, 6.07) is 15.0. The summed E-state index contributed by atoms with van der Waals surface area (Å²) in [4.78, 5) is 24.9. The van der Waals surface area contributed by atoms with Crippen LogP contribution in [0.3, 0.4) is 0 Å². The fourth-order valence-corrected chi connectivity index (χ4v) is 4.23. The van der Waals surface area contributed by atoms with Crippen LogP contribution in [-0.4, -0.2) is 17.5 Å². The van der Waals surface area contributed by atoms with E-state index in [4.69, 9.17) is 11.6 Å². The van der Waals surface area contributed by atoms with E-state index in [9.17, 15) is 9.59 Å². The van der Waals surface area contributed by atoms with Crippen molar-refractivity contribution in [3.05, 3.63) is 64.0 Å². The van der Waals surface area contributed by atoms with Crippen LogP contribution in [0, 0.1) is 5.92 Å². The van der Waals surface area contributed by atoms with E-state index in [1.54, 1.807) is 6.92 Å². The molecule has 1 aliphatic carbocycles. The Bertz CT molecular complexity index is 1100. The molecule has 2 amide bonds. The van der Waals surface area contributed by atoms with Crippen molar-refractivity contribution in [2.75, 3.05) is 5.32 Å². The van der Waals surface area contributed by atoms with Crippen molar-refractivity contribution in [3.63, 3.8) is 0 Å². The van der Waals surface area contributed by atoms with Gasteiger partial charge in [0.1, 0.15) is 4.88 Å². The Labute approximate surface area is 171 Å². The van der Waals surface area contributed by atoms with Gasteiger partial charge in [-0.05, 0) is 43.5 Å². The van der Waals surface area contributed by atoms with E-state index in [0.29, 0.717) is 15.6 Å². The largest absolute Gasteiger partial charge is 0.326 e. The molecule has 2 N–H and O–H groups in total. The van der Waals surface area contributed by atoms with E-state index >= 15 is 0 Å². The smallest absolute Gasteiger partial charge is 0.283 e. The van der Waals surface area contributed by atoms with Crippen LogP contribution >= 0.6 is 22.9 Å². The molecule has 28 heavy (non-hydrogen) atoms. The lowest BCUT2D eigenvalue weighted by atomic mass is 10.1. The predicted molar refractivity (Wildman–Crippen MR) is 114 cm³/mol. The zero-order valence-electron chi connectivity index (χ0n) is 15.2. The summed E-state index contributed by atoms with van der Waals surface area (Å²) in [5, 5.41) is 8.42. The molecule has 4 rings (SSSR count). The molecule has 1 saturated carbocycles. The van der Waals surface area contributed by atoms with Gasteiger partial charge >= 0.3 is 0 Å². The third kappa shape index (κ3) is 3.93. The molecule has 5 nitrogen and oxygen atoms in total. The molecule has 1 aliphatic rings. The van der Waals surface area contributed by atoms with Crippen molar-refractivity contribution in [3.8, 4) is 0 Å². The van der Waals surface area contributed by atoms with Gasteiger partial charge in [-0.1, -0.05) is 41.9 Å². The Morgan fingerprint density at radius 2 is 1.93 bits per heavy atom. The number of nitrogens with zero attached hydrogens (tertiary/aromatic N) is 1. The Morgan fingerprint density at radius 3 is 2.68 bits per heavy atom. The van der Waals surface area contributed by atoms with Crippen LogP contribution in [-0.2, 0) is 4.79 Å². The molecular weight excluding hydrogens is 394 g/mol. The number of nitrogens with one attached hydrogen (secondary N) is 2. The van der Waals surface area contributed by atoms with Crippen molar-refractivity contribution in [1.82, 2.24) is 5.43 Å². The average molecular weight is 412 g/mol. The fourth-order valence-electron chi connectivity index (χ4n) is 2.82. The molecule has 0 unspecified atom stereocenters. The number of fused-ring (bicyclic) bond motifs is 1. The molecule has 0 bridgehead atoms. The summed E-state index contributed by atoms with van der Waals surface area (Å²) < 4.78 is 0.956. The first-order valence-electron chi connectivity index (χ1n) is 8.96. The van der Waals surface area contributed by atoms with Gasteiger partial charge in [0.25, 0.3) is 5.91 Å². The first-order valence-corrected chi connectivity index (χ1v) is 10.2. The average Bonchev–Trinajstić information content (AvgIpc) is 3.50. The van der Waals surface area contributed by atoms with E-state index in [-0.39, 0.29) is 17.7 Å². The van der Waals surface area contributed by atoms with E-state index in [2.05, 4.69) is 15.8 Å². The topological polar surface area (TPSA) is 70.6 Å². The van der Waals surface area contributed by atoms with Gasteiger partial charge in [-0.3, -0.25) is 9.59 Å². The second-order valence-corrected chi connectivity index (χ2v) is 8.15. The van der Waals surface area contributed by atoms with Crippen LogP contribution in [0.4, 0.5) is 5.69 Å². The molecule has 0 atom stereocenters. The highest BCUT2D eigenvalue weighted by Crippen LogP contribution is 2.35. The third-order valence-electron chi connectivity index (χ3n) is 4.56. The Hall–Kier alpha value is -2.70. The number of hydrazone groups is 1. The number of hydrogen-bond donors (Lipinski definition) is 2. The molecule has 0 radical (unpaired) electrons. The van der Waals surface area contributed by atoms with Crippen molar-refractivity contribution in [2.24, 2.45) is 11.0 Å². The molecule has 0 spiro atoms. The van der Waals surface area contributed by atoms with Gasteiger partial charge in [-0.25, -0.2) is 5.43 Å². The molecule has 1 fully saturated rings. The molecule has 7 heteroatoms. The molecular formula is C21H18ClN3O2S. The second-order valence-electron chi connectivity index (χ2n) is 6.72. The van der Waals surface area contributed by atoms with Gasteiger partial charge in [0.15, 0.2) is 0 Å². The first kappa shape index (κ1) is 18.7. The molecule has 0 aliphatic heterocycles. The standard InChI is InChI=1S/C21H18ClN3O2S/c1-12(14-5-4-6-15(11-14)23-20(26)13-9-10-13)24-25-21(27)19-18(22)16-7-2-3-8-17(16)28-19/h2-8,11,13H,9-10H2,1H3,(H,23,26)(H,25,27)/b24-12+. The number of hydrogen-bond acceptors (Lipinski definition) is 4. The third-order valence-corrected chi connectivity index (χ3v) is 6.24. The minimum absolute atomic E-state index is 0.0550. The minimum Gasteiger partial charge on any atom is -0.326 e. The van der Waals surface area contributed by atoms with Gasteiger partial charge < -0.3 is 5.32 Å². The Kier molecular flexibility index (Phi) is 5.15. The maximum atomic E-state index is 12.5. The number of rotatable bonds is 5. The van der Waals surface area contributed by atoms with Crippen molar-refractivity contribution >= 4 is 56.2 Å². The van der Waals surface area contributed by atoms with Crippen LogP contribution < -0.4 is 10.7 Å². The summed E-state index contributed by atoms with van der Waals surface area (Å²) in [7, 11) is 0. The number of amides is 2. The van der Waals surface area contributed by atoms with Crippen LogP contribution in [0.15, 0.2) is 53.6 Å². The van der Waals surface area contributed by atoms with Gasteiger partial charge in [0.05, 0.1) is 10.7 Å². The zero-order chi connectivity index (χ0) is 19.7. The van der Waals surface area contributed by atoms with Crippen LogP contribution in [0.5, 0.6) is 0 Å². The highest BCUT2D eigenvalue weighted by atomic mass is 35.5. The zero-order valence-corrected chi connectivity index (χ0v) is 16.7. The number of anilines is 1. The summed E-state index contributed by atoms with van der Waals surface area (Å²) in [5.41, 5.74) is 4.75. The van der Waals surface area contributed by atoms with Crippen molar-refractivity contribution in [1.29, 1.82) is 0 Å². The normalized spacial score (nSPS) is 14.1. The van der Waals surface area contributed by atoms with Gasteiger partial charge in [0.2, 0.25) is 5.91 Å². The lowest BCUT2D eigenvalue weighted by Crippen LogP contribution is -2.18. The van der Waals surface area contributed by atoms with E-state index < -0.39 is 0 Å². The maximum Gasteiger partial charge on any atom is 0.283 e. The lowest BCUT2D eigenvalue weighted by Gasteiger charge is -2.07. The van der Waals surface area contributed by atoms with Gasteiger partial charge in [0, 0.05) is 21.7 Å². The summed E-state index contributed by atoms with van der Waals surface area (Å²) >= 11 is 7.68. The Morgan fingerprint density at radius 1 is 1.14 bits per heavy atom. The van der Waals surface area contributed by atoms with Crippen molar-refractivity contribution < 1.29 is 9.59 Å². The summed E-state index contributed by atoms with van der Waals surface area (Å²) in [6.07, 6.45) is 1.91. The highest BCUT2D eigenvalue weighted by molar-refractivity contribution is 7.21. The summed E-state index contributed by atoms with van der Waals surface area (Å²) in [5.74, 6) is -0.146. The minimum atomic E-state index is -0.344.